The van der Waals surface area contributed by atoms with Gasteiger partial charge in [-0.2, -0.15) is 0 Å². The smallest absolute Gasteiger partial charge is 0.0468 e. The summed E-state index contributed by atoms with van der Waals surface area (Å²) in [5.41, 5.74) is 0. The lowest BCUT2D eigenvalue weighted by Gasteiger charge is -2.13. The molecule has 0 aromatic rings. The van der Waals surface area contributed by atoms with Gasteiger partial charge in [-0.1, -0.05) is 55.5 Å². The summed E-state index contributed by atoms with van der Waals surface area (Å²) in [6.45, 7) is 6.43. The monoisotopic (exact) mass is 278 g/mol. The molecule has 0 heterocycles. The minimum Gasteiger partial charge on any atom is -0.381 e. The van der Waals surface area contributed by atoms with E-state index in [0.29, 0.717) is 0 Å². The fraction of sp³-hybridized carbons (Fsp3) is 1.00. The third kappa shape index (κ3) is 10.7. The molecule has 1 unspecified atom stereocenters. The minimum atomic E-state index is 0.847. The predicted octanol–water partition coefficient (Wildman–Crippen LogP) is 4.78. The lowest BCUT2D eigenvalue weighted by atomic mass is 10.0. The first kappa shape index (κ1) is 15.4. The van der Waals surface area contributed by atoms with Crippen LogP contribution in [-0.4, -0.2) is 18.5 Å². The molecule has 0 spiro atoms. The Morgan fingerprint density at radius 3 is 2.40 bits per heavy atom. The maximum absolute atomic E-state index is 5.64. The first-order valence-electron chi connectivity index (χ1n) is 6.48. The van der Waals surface area contributed by atoms with E-state index in [1.165, 1.54) is 44.9 Å². The van der Waals surface area contributed by atoms with E-state index in [2.05, 4.69) is 29.8 Å². The molecule has 2 heteroatoms. The lowest BCUT2D eigenvalue weighted by molar-refractivity contribution is 0.115. The van der Waals surface area contributed by atoms with Crippen molar-refractivity contribution in [2.75, 3.05) is 18.5 Å². The Bertz CT molecular complexity index is 117. The average Bonchev–Trinajstić information content (AvgIpc) is 2.26. The lowest BCUT2D eigenvalue weighted by Crippen LogP contribution is -2.06. The first-order chi connectivity index (χ1) is 7.35. The van der Waals surface area contributed by atoms with Crippen LogP contribution in [0.2, 0.25) is 0 Å². The van der Waals surface area contributed by atoms with Crippen LogP contribution in [-0.2, 0) is 4.74 Å². The van der Waals surface area contributed by atoms with Crippen LogP contribution in [0.5, 0.6) is 0 Å². The van der Waals surface area contributed by atoms with Gasteiger partial charge in [-0.25, -0.2) is 0 Å². The minimum absolute atomic E-state index is 0.847. The third-order valence-electron chi connectivity index (χ3n) is 2.91. The van der Waals surface area contributed by atoms with Gasteiger partial charge in [0, 0.05) is 18.5 Å². The molecule has 0 rings (SSSR count). The topological polar surface area (TPSA) is 9.23 Å². The number of halogens is 1. The first-order valence-corrected chi connectivity index (χ1v) is 7.61. The molecule has 0 saturated heterocycles. The van der Waals surface area contributed by atoms with Crippen molar-refractivity contribution >= 4 is 15.9 Å². The van der Waals surface area contributed by atoms with Gasteiger partial charge in [-0.05, 0) is 25.2 Å². The van der Waals surface area contributed by atoms with Gasteiger partial charge in [-0.3, -0.25) is 0 Å². The van der Waals surface area contributed by atoms with Crippen LogP contribution in [0.4, 0.5) is 0 Å². The molecule has 0 aliphatic rings. The van der Waals surface area contributed by atoms with Crippen molar-refractivity contribution in [2.45, 2.75) is 58.8 Å². The van der Waals surface area contributed by atoms with Gasteiger partial charge in [0.05, 0.1) is 0 Å². The van der Waals surface area contributed by atoms with Crippen molar-refractivity contribution in [2.24, 2.45) is 5.92 Å². The fourth-order valence-electron chi connectivity index (χ4n) is 1.69. The van der Waals surface area contributed by atoms with E-state index in [1.807, 2.05) is 0 Å². The molecule has 1 nitrogen and oxygen atoms in total. The highest BCUT2D eigenvalue weighted by atomic mass is 79.9. The van der Waals surface area contributed by atoms with Crippen molar-refractivity contribution in [3.63, 3.8) is 0 Å². The zero-order valence-electron chi connectivity index (χ0n) is 10.4. The van der Waals surface area contributed by atoms with Crippen molar-refractivity contribution in [1.82, 2.24) is 0 Å². The van der Waals surface area contributed by atoms with Crippen molar-refractivity contribution < 1.29 is 4.74 Å². The summed E-state index contributed by atoms with van der Waals surface area (Å²) in [5, 5.41) is 1.13. The second-order valence-electron chi connectivity index (χ2n) is 4.21. The highest BCUT2D eigenvalue weighted by Gasteiger charge is 2.04. The van der Waals surface area contributed by atoms with Crippen molar-refractivity contribution in [1.29, 1.82) is 0 Å². The molecule has 0 fully saturated rings. The molecule has 0 aromatic heterocycles. The molecule has 15 heavy (non-hydrogen) atoms. The predicted molar refractivity (Wildman–Crippen MR) is 71.8 cm³/mol. The molecule has 92 valence electrons. The molecule has 0 bridgehead atoms. The van der Waals surface area contributed by atoms with E-state index in [0.717, 1.165) is 24.5 Å². The van der Waals surface area contributed by atoms with E-state index < -0.39 is 0 Å². The van der Waals surface area contributed by atoms with Crippen LogP contribution < -0.4 is 0 Å². The molecular formula is C13H27BrO. The molecule has 0 N–H and O–H groups in total. The second-order valence-corrected chi connectivity index (χ2v) is 5.01. The van der Waals surface area contributed by atoms with Gasteiger partial charge in [0.2, 0.25) is 0 Å². The Hall–Kier alpha value is 0.440. The van der Waals surface area contributed by atoms with E-state index >= 15 is 0 Å². The van der Waals surface area contributed by atoms with Crippen LogP contribution in [0.1, 0.15) is 58.8 Å². The average molecular weight is 279 g/mol. The molecular weight excluding hydrogens is 252 g/mol. The summed E-state index contributed by atoms with van der Waals surface area (Å²) >= 11 is 3.50. The maximum atomic E-state index is 5.64. The number of hydrogen-bond donors (Lipinski definition) is 0. The van der Waals surface area contributed by atoms with E-state index in [4.69, 9.17) is 4.74 Å². The molecule has 0 aliphatic carbocycles. The molecule has 0 aromatic carbocycles. The van der Waals surface area contributed by atoms with Crippen LogP contribution in [0.15, 0.2) is 0 Å². The standard InChI is InChI=1S/C13H27BrO/c1-3-5-6-7-11-15-12-9-13(4-2)8-10-14/h13H,3-12H2,1-2H3. The van der Waals surface area contributed by atoms with E-state index in [-0.39, 0.29) is 0 Å². The summed E-state index contributed by atoms with van der Waals surface area (Å²) in [5.74, 6) is 0.847. The second kappa shape index (κ2) is 12.5. The Morgan fingerprint density at radius 1 is 1.00 bits per heavy atom. The van der Waals surface area contributed by atoms with Gasteiger partial charge in [-0.15, -0.1) is 0 Å². The van der Waals surface area contributed by atoms with E-state index in [1.54, 1.807) is 0 Å². The maximum Gasteiger partial charge on any atom is 0.0468 e. The fourth-order valence-corrected chi connectivity index (χ4v) is 2.34. The van der Waals surface area contributed by atoms with Crippen LogP contribution in [0, 0.1) is 5.92 Å². The molecule has 0 saturated carbocycles. The van der Waals surface area contributed by atoms with Crippen LogP contribution in [0.3, 0.4) is 0 Å². The quantitative estimate of drug-likeness (QED) is 0.390. The highest BCUT2D eigenvalue weighted by Crippen LogP contribution is 2.14. The van der Waals surface area contributed by atoms with E-state index in [9.17, 15) is 0 Å². The molecule has 1 atom stereocenters. The van der Waals surface area contributed by atoms with Crippen molar-refractivity contribution in [3.8, 4) is 0 Å². The summed E-state index contributed by atoms with van der Waals surface area (Å²) < 4.78 is 5.64. The summed E-state index contributed by atoms with van der Waals surface area (Å²) in [4.78, 5) is 0. The number of unbranched alkanes of at least 4 members (excludes halogenated alkanes) is 3. The third-order valence-corrected chi connectivity index (χ3v) is 3.37. The molecule has 0 amide bonds. The molecule has 0 aliphatic heterocycles. The van der Waals surface area contributed by atoms with Gasteiger partial charge < -0.3 is 4.74 Å². The Labute approximate surface area is 104 Å². The highest BCUT2D eigenvalue weighted by molar-refractivity contribution is 9.09. The van der Waals surface area contributed by atoms with Crippen LogP contribution in [0.25, 0.3) is 0 Å². The Balaban J connectivity index is 3.14. The number of rotatable bonds is 11. The summed E-state index contributed by atoms with van der Waals surface area (Å²) in [6.07, 6.45) is 9.03. The van der Waals surface area contributed by atoms with Crippen LogP contribution >= 0.6 is 15.9 Å². The normalized spacial score (nSPS) is 13.0. The van der Waals surface area contributed by atoms with Gasteiger partial charge in [0.25, 0.3) is 0 Å². The number of alkyl halides is 1. The van der Waals surface area contributed by atoms with Gasteiger partial charge >= 0.3 is 0 Å². The zero-order chi connectivity index (χ0) is 11.4. The largest absolute Gasteiger partial charge is 0.381 e. The van der Waals surface area contributed by atoms with Gasteiger partial charge in [0.1, 0.15) is 0 Å². The van der Waals surface area contributed by atoms with Crippen molar-refractivity contribution in [3.05, 3.63) is 0 Å². The zero-order valence-corrected chi connectivity index (χ0v) is 12.0. The van der Waals surface area contributed by atoms with Gasteiger partial charge in [0.15, 0.2) is 0 Å². The molecule has 0 radical (unpaired) electrons. The number of hydrogen-bond acceptors (Lipinski definition) is 1. The number of ether oxygens (including phenoxy) is 1. The Morgan fingerprint density at radius 2 is 1.80 bits per heavy atom. The Kier molecular flexibility index (Phi) is 12.9. The summed E-state index contributed by atoms with van der Waals surface area (Å²) in [7, 11) is 0. The SMILES string of the molecule is CCCCCCOCCC(CC)CCBr. The summed E-state index contributed by atoms with van der Waals surface area (Å²) in [6, 6.07) is 0.